The van der Waals surface area contributed by atoms with Gasteiger partial charge in [0.05, 0.1) is 12.7 Å². The number of hydrogen-bond donors (Lipinski definition) is 0. The van der Waals surface area contributed by atoms with Crippen molar-refractivity contribution in [2.75, 3.05) is 7.11 Å². The third-order valence-electron chi connectivity index (χ3n) is 3.30. The standard InChI is InChI=1S/C14H20O2/c1-6-14(3,4)11-7-8-12(10(2)9-11)13(15)16-5/h7-9H,6H2,1-5H3. The van der Waals surface area contributed by atoms with Crippen molar-refractivity contribution in [3.63, 3.8) is 0 Å². The molecule has 0 radical (unpaired) electrons. The maximum atomic E-state index is 11.4. The summed E-state index contributed by atoms with van der Waals surface area (Å²) < 4.78 is 4.73. The minimum absolute atomic E-state index is 0.152. The topological polar surface area (TPSA) is 26.3 Å². The summed E-state index contributed by atoms with van der Waals surface area (Å²) in [6, 6.07) is 5.95. The van der Waals surface area contributed by atoms with Gasteiger partial charge in [-0.05, 0) is 36.0 Å². The molecule has 0 amide bonds. The molecule has 0 aliphatic heterocycles. The molecule has 0 aliphatic carbocycles. The Bertz CT molecular complexity index is 392. The zero-order valence-corrected chi connectivity index (χ0v) is 10.8. The van der Waals surface area contributed by atoms with Crippen molar-refractivity contribution in [2.24, 2.45) is 0 Å². The summed E-state index contributed by atoms with van der Waals surface area (Å²) >= 11 is 0. The Morgan fingerprint density at radius 2 is 2.00 bits per heavy atom. The van der Waals surface area contributed by atoms with Crippen molar-refractivity contribution in [3.05, 3.63) is 34.9 Å². The lowest BCUT2D eigenvalue weighted by Crippen LogP contribution is -2.16. The fourth-order valence-electron chi connectivity index (χ4n) is 1.63. The van der Waals surface area contributed by atoms with Crippen molar-refractivity contribution < 1.29 is 9.53 Å². The molecule has 0 unspecified atom stereocenters. The number of ether oxygens (including phenoxy) is 1. The Balaban J connectivity index is 3.14. The Morgan fingerprint density at radius 1 is 1.38 bits per heavy atom. The molecule has 2 heteroatoms. The van der Waals surface area contributed by atoms with Crippen LogP contribution in [0.5, 0.6) is 0 Å². The van der Waals surface area contributed by atoms with Crippen molar-refractivity contribution >= 4 is 5.97 Å². The molecule has 0 aromatic heterocycles. The second-order valence-electron chi connectivity index (χ2n) is 4.76. The molecular formula is C14H20O2. The minimum atomic E-state index is -0.265. The third kappa shape index (κ3) is 2.43. The van der Waals surface area contributed by atoms with Crippen molar-refractivity contribution in [3.8, 4) is 0 Å². The van der Waals surface area contributed by atoms with Crippen LogP contribution in [0.25, 0.3) is 0 Å². The minimum Gasteiger partial charge on any atom is -0.465 e. The molecule has 88 valence electrons. The van der Waals surface area contributed by atoms with Crippen LogP contribution >= 0.6 is 0 Å². The van der Waals surface area contributed by atoms with E-state index in [2.05, 4.69) is 26.8 Å². The van der Waals surface area contributed by atoms with Gasteiger partial charge in [-0.1, -0.05) is 32.9 Å². The Morgan fingerprint density at radius 3 is 2.44 bits per heavy atom. The van der Waals surface area contributed by atoms with E-state index in [1.807, 2.05) is 19.1 Å². The molecule has 0 heterocycles. The van der Waals surface area contributed by atoms with Crippen molar-refractivity contribution in [2.45, 2.75) is 39.5 Å². The molecule has 1 aromatic carbocycles. The number of esters is 1. The summed E-state index contributed by atoms with van der Waals surface area (Å²) in [4.78, 5) is 11.4. The van der Waals surface area contributed by atoms with E-state index in [9.17, 15) is 4.79 Å². The first kappa shape index (κ1) is 12.8. The first-order valence-electron chi connectivity index (χ1n) is 5.62. The largest absolute Gasteiger partial charge is 0.465 e. The highest BCUT2D eigenvalue weighted by atomic mass is 16.5. The van der Waals surface area contributed by atoms with Gasteiger partial charge in [0.2, 0.25) is 0 Å². The molecule has 0 fully saturated rings. The Hall–Kier alpha value is -1.31. The van der Waals surface area contributed by atoms with Crippen LogP contribution in [0.4, 0.5) is 0 Å². The predicted octanol–water partition coefficient (Wildman–Crippen LogP) is 3.47. The van der Waals surface area contributed by atoms with E-state index in [0.717, 1.165) is 12.0 Å². The van der Waals surface area contributed by atoms with Gasteiger partial charge in [0, 0.05) is 0 Å². The molecular weight excluding hydrogens is 200 g/mol. The van der Waals surface area contributed by atoms with Crippen molar-refractivity contribution in [1.82, 2.24) is 0 Å². The fourth-order valence-corrected chi connectivity index (χ4v) is 1.63. The smallest absolute Gasteiger partial charge is 0.338 e. The van der Waals surface area contributed by atoms with Crippen molar-refractivity contribution in [1.29, 1.82) is 0 Å². The van der Waals surface area contributed by atoms with E-state index >= 15 is 0 Å². The molecule has 0 bridgehead atoms. The van der Waals surface area contributed by atoms with Crippen LogP contribution in [0.2, 0.25) is 0 Å². The summed E-state index contributed by atoms with van der Waals surface area (Å²) in [6.07, 6.45) is 1.07. The van der Waals surface area contributed by atoms with E-state index in [0.29, 0.717) is 5.56 Å². The van der Waals surface area contributed by atoms with Crippen LogP contribution in [0.15, 0.2) is 18.2 Å². The molecule has 0 spiro atoms. The zero-order chi connectivity index (χ0) is 12.3. The van der Waals surface area contributed by atoms with Crippen LogP contribution in [-0.4, -0.2) is 13.1 Å². The lowest BCUT2D eigenvalue weighted by molar-refractivity contribution is 0.0600. The molecule has 0 N–H and O–H groups in total. The van der Waals surface area contributed by atoms with Crippen LogP contribution in [-0.2, 0) is 10.2 Å². The lowest BCUT2D eigenvalue weighted by Gasteiger charge is -2.24. The molecule has 16 heavy (non-hydrogen) atoms. The van der Waals surface area contributed by atoms with Crippen LogP contribution in [0.3, 0.4) is 0 Å². The number of benzene rings is 1. The number of hydrogen-bond acceptors (Lipinski definition) is 2. The Labute approximate surface area is 97.6 Å². The zero-order valence-electron chi connectivity index (χ0n) is 10.8. The van der Waals surface area contributed by atoms with E-state index < -0.39 is 0 Å². The summed E-state index contributed by atoms with van der Waals surface area (Å²) in [5.74, 6) is -0.265. The third-order valence-corrected chi connectivity index (χ3v) is 3.30. The SMILES string of the molecule is CCC(C)(C)c1ccc(C(=O)OC)c(C)c1. The summed E-state index contributed by atoms with van der Waals surface area (Å²) in [5, 5.41) is 0. The molecule has 0 saturated carbocycles. The summed E-state index contributed by atoms with van der Waals surface area (Å²) in [7, 11) is 1.41. The van der Waals surface area contributed by atoms with Gasteiger partial charge in [-0.2, -0.15) is 0 Å². The molecule has 0 atom stereocenters. The van der Waals surface area contributed by atoms with Gasteiger partial charge < -0.3 is 4.74 Å². The highest BCUT2D eigenvalue weighted by Crippen LogP contribution is 2.28. The van der Waals surface area contributed by atoms with Gasteiger partial charge in [0.25, 0.3) is 0 Å². The molecule has 0 aliphatic rings. The second-order valence-corrected chi connectivity index (χ2v) is 4.76. The number of rotatable bonds is 3. The quantitative estimate of drug-likeness (QED) is 0.729. The predicted molar refractivity (Wildman–Crippen MR) is 65.8 cm³/mol. The van der Waals surface area contributed by atoms with Gasteiger partial charge >= 0.3 is 5.97 Å². The Kier molecular flexibility index (Phi) is 3.74. The highest BCUT2D eigenvalue weighted by Gasteiger charge is 2.19. The number of methoxy groups -OCH3 is 1. The average Bonchev–Trinajstić information content (AvgIpc) is 2.28. The first-order valence-corrected chi connectivity index (χ1v) is 5.62. The van der Waals surface area contributed by atoms with Crippen LogP contribution < -0.4 is 0 Å². The van der Waals surface area contributed by atoms with E-state index in [-0.39, 0.29) is 11.4 Å². The van der Waals surface area contributed by atoms with E-state index in [1.54, 1.807) is 0 Å². The van der Waals surface area contributed by atoms with E-state index in [1.165, 1.54) is 12.7 Å². The number of aryl methyl sites for hydroxylation is 1. The lowest BCUT2D eigenvalue weighted by atomic mass is 9.81. The van der Waals surface area contributed by atoms with Gasteiger partial charge in [-0.15, -0.1) is 0 Å². The summed E-state index contributed by atoms with van der Waals surface area (Å²) in [5.41, 5.74) is 3.04. The first-order chi connectivity index (χ1) is 7.42. The molecule has 2 nitrogen and oxygen atoms in total. The number of carbonyl (C=O) groups excluding carboxylic acids is 1. The molecule has 1 aromatic rings. The second kappa shape index (κ2) is 4.69. The van der Waals surface area contributed by atoms with Gasteiger partial charge in [0.15, 0.2) is 0 Å². The van der Waals surface area contributed by atoms with Gasteiger partial charge in [-0.3, -0.25) is 0 Å². The maximum Gasteiger partial charge on any atom is 0.338 e. The fraction of sp³-hybridized carbons (Fsp3) is 0.500. The van der Waals surface area contributed by atoms with Crippen LogP contribution in [0.1, 0.15) is 48.7 Å². The van der Waals surface area contributed by atoms with E-state index in [4.69, 9.17) is 4.74 Å². The maximum absolute atomic E-state index is 11.4. The van der Waals surface area contributed by atoms with Crippen LogP contribution in [0, 0.1) is 6.92 Å². The average molecular weight is 220 g/mol. The monoisotopic (exact) mass is 220 g/mol. The molecule has 0 saturated heterocycles. The normalized spacial score (nSPS) is 11.3. The highest BCUT2D eigenvalue weighted by molar-refractivity contribution is 5.91. The summed E-state index contributed by atoms with van der Waals surface area (Å²) in [6.45, 7) is 8.53. The van der Waals surface area contributed by atoms with Gasteiger partial charge in [0.1, 0.15) is 0 Å². The van der Waals surface area contributed by atoms with Gasteiger partial charge in [-0.25, -0.2) is 4.79 Å². The number of carbonyl (C=O) groups is 1. The molecule has 1 rings (SSSR count).